The van der Waals surface area contributed by atoms with Crippen molar-refractivity contribution >= 4 is 22.7 Å². The van der Waals surface area contributed by atoms with Gasteiger partial charge in [-0.15, -0.1) is 11.3 Å². The van der Waals surface area contributed by atoms with E-state index in [0.29, 0.717) is 0 Å². The standard InChI is InChI=1S/C15H21N3S2/c1-18(8-12-3-2-5-16-7-12)9-14-11-20-15(17-14)13-4-6-19-10-13/h4,6,10-12,16H,2-3,5,7-9H2,1H3. The molecule has 1 aliphatic heterocycles. The van der Waals surface area contributed by atoms with Crippen LogP contribution in [0.1, 0.15) is 18.5 Å². The summed E-state index contributed by atoms with van der Waals surface area (Å²) in [4.78, 5) is 7.16. The molecule has 2 aromatic heterocycles. The van der Waals surface area contributed by atoms with Gasteiger partial charge in [0.1, 0.15) is 5.01 Å². The molecule has 3 rings (SSSR count). The van der Waals surface area contributed by atoms with E-state index in [4.69, 9.17) is 4.98 Å². The minimum atomic E-state index is 0.795. The van der Waals surface area contributed by atoms with Gasteiger partial charge in [-0.05, 0) is 50.3 Å². The fraction of sp³-hybridized carbons (Fsp3) is 0.533. The Morgan fingerprint density at radius 2 is 2.40 bits per heavy atom. The molecular formula is C15H21N3S2. The predicted octanol–water partition coefficient (Wildman–Crippen LogP) is 3.30. The van der Waals surface area contributed by atoms with Crippen molar-refractivity contribution in [2.75, 3.05) is 26.7 Å². The molecule has 0 amide bonds. The third kappa shape index (κ3) is 3.67. The van der Waals surface area contributed by atoms with Crippen LogP contribution >= 0.6 is 22.7 Å². The first-order valence-corrected chi connectivity index (χ1v) is 9.00. The summed E-state index contributed by atoms with van der Waals surface area (Å²) < 4.78 is 0. The third-order valence-electron chi connectivity index (χ3n) is 3.72. The van der Waals surface area contributed by atoms with Crippen LogP contribution in [0.4, 0.5) is 0 Å². The summed E-state index contributed by atoms with van der Waals surface area (Å²) >= 11 is 3.48. The van der Waals surface area contributed by atoms with Gasteiger partial charge in [0.15, 0.2) is 0 Å². The maximum atomic E-state index is 4.75. The second-order valence-electron chi connectivity index (χ2n) is 5.57. The largest absolute Gasteiger partial charge is 0.316 e. The van der Waals surface area contributed by atoms with Crippen molar-refractivity contribution in [2.45, 2.75) is 19.4 Å². The molecule has 108 valence electrons. The number of thiazole rings is 1. The second-order valence-corrected chi connectivity index (χ2v) is 7.20. The van der Waals surface area contributed by atoms with E-state index < -0.39 is 0 Å². The van der Waals surface area contributed by atoms with Crippen molar-refractivity contribution in [1.82, 2.24) is 15.2 Å². The van der Waals surface area contributed by atoms with Gasteiger partial charge in [0, 0.05) is 29.4 Å². The Bertz CT molecular complexity index is 515. The van der Waals surface area contributed by atoms with Crippen LogP contribution in [0.2, 0.25) is 0 Å². The summed E-state index contributed by atoms with van der Waals surface area (Å²) in [6.45, 7) is 4.48. The molecular weight excluding hydrogens is 286 g/mol. The van der Waals surface area contributed by atoms with Crippen molar-refractivity contribution in [3.63, 3.8) is 0 Å². The summed E-state index contributed by atoms with van der Waals surface area (Å²) in [6, 6.07) is 2.14. The first-order valence-electron chi connectivity index (χ1n) is 7.17. The molecule has 1 unspecified atom stereocenters. The third-order valence-corrected chi connectivity index (χ3v) is 5.34. The van der Waals surface area contributed by atoms with Crippen LogP contribution in [0.15, 0.2) is 22.2 Å². The molecule has 3 nitrogen and oxygen atoms in total. The maximum Gasteiger partial charge on any atom is 0.124 e. The van der Waals surface area contributed by atoms with Gasteiger partial charge in [0.2, 0.25) is 0 Å². The lowest BCUT2D eigenvalue weighted by Gasteiger charge is -2.27. The highest BCUT2D eigenvalue weighted by Crippen LogP contribution is 2.26. The number of hydrogen-bond donors (Lipinski definition) is 1. The molecule has 1 saturated heterocycles. The number of aromatic nitrogens is 1. The van der Waals surface area contributed by atoms with E-state index in [0.717, 1.165) is 24.0 Å². The molecule has 0 aromatic carbocycles. The van der Waals surface area contributed by atoms with E-state index in [2.05, 4.69) is 39.5 Å². The fourth-order valence-electron chi connectivity index (χ4n) is 2.76. The van der Waals surface area contributed by atoms with E-state index >= 15 is 0 Å². The molecule has 3 heterocycles. The minimum Gasteiger partial charge on any atom is -0.316 e. The minimum absolute atomic E-state index is 0.795. The van der Waals surface area contributed by atoms with Crippen LogP contribution < -0.4 is 5.32 Å². The van der Waals surface area contributed by atoms with Crippen molar-refractivity contribution in [1.29, 1.82) is 0 Å². The molecule has 20 heavy (non-hydrogen) atoms. The van der Waals surface area contributed by atoms with Gasteiger partial charge in [-0.1, -0.05) is 0 Å². The maximum absolute atomic E-state index is 4.75. The molecule has 1 aliphatic rings. The predicted molar refractivity (Wildman–Crippen MR) is 87.4 cm³/mol. The van der Waals surface area contributed by atoms with Crippen LogP contribution in [0.3, 0.4) is 0 Å². The fourth-order valence-corrected chi connectivity index (χ4v) is 4.28. The van der Waals surface area contributed by atoms with Gasteiger partial charge in [-0.2, -0.15) is 11.3 Å². The molecule has 0 spiro atoms. The van der Waals surface area contributed by atoms with E-state index in [9.17, 15) is 0 Å². The smallest absolute Gasteiger partial charge is 0.124 e. The first kappa shape index (κ1) is 14.2. The quantitative estimate of drug-likeness (QED) is 0.918. The van der Waals surface area contributed by atoms with E-state index in [-0.39, 0.29) is 0 Å². The van der Waals surface area contributed by atoms with Crippen molar-refractivity contribution in [3.8, 4) is 10.6 Å². The number of piperidine rings is 1. The number of hydrogen-bond acceptors (Lipinski definition) is 5. The Balaban J connectivity index is 1.54. The van der Waals surface area contributed by atoms with Gasteiger partial charge in [-0.3, -0.25) is 0 Å². The monoisotopic (exact) mass is 307 g/mol. The highest BCUT2D eigenvalue weighted by molar-refractivity contribution is 7.14. The van der Waals surface area contributed by atoms with Crippen LogP contribution in [-0.4, -0.2) is 36.6 Å². The Morgan fingerprint density at radius 3 is 3.15 bits per heavy atom. The number of rotatable bonds is 5. The van der Waals surface area contributed by atoms with Gasteiger partial charge < -0.3 is 10.2 Å². The van der Waals surface area contributed by atoms with Crippen LogP contribution in [0.25, 0.3) is 10.6 Å². The van der Waals surface area contributed by atoms with E-state index in [1.807, 2.05) is 0 Å². The van der Waals surface area contributed by atoms with Crippen molar-refractivity contribution < 1.29 is 0 Å². The normalized spacial score (nSPS) is 19.6. The molecule has 0 bridgehead atoms. The average molecular weight is 307 g/mol. The molecule has 0 radical (unpaired) electrons. The Labute approximate surface area is 128 Å². The SMILES string of the molecule is CN(Cc1csc(-c2ccsc2)n1)CC1CCCNC1. The zero-order chi connectivity index (χ0) is 13.8. The second kappa shape index (κ2) is 6.80. The molecule has 2 aromatic rings. The van der Waals surface area contributed by atoms with Gasteiger partial charge in [0.25, 0.3) is 0 Å². The number of nitrogens with one attached hydrogen (secondary N) is 1. The Kier molecular flexibility index (Phi) is 4.83. The summed E-state index contributed by atoms with van der Waals surface area (Å²) in [5.74, 6) is 0.795. The van der Waals surface area contributed by atoms with Gasteiger partial charge in [0.05, 0.1) is 5.69 Å². The van der Waals surface area contributed by atoms with Crippen molar-refractivity contribution in [3.05, 3.63) is 27.9 Å². The van der Waals surface area contributed by atoms with Crippen LogP contribution in [-0.2, 0) is 6.54 Å². The molecule has 1 atom stereocenters. The molecule has 5 heteroatoms. The first-order chi connectivity index (χ1) is 9.81. The Morgan fingerprint density at radius 1 is 1.45 bits per heavy atom. The van der Waals surface area contributed by atoms with Crippen LogP contribution in [0, 0.1) is 5.92 Å². The summed E-state index contributed by atoms with van der Waals surface area (Å²) in [6.07, 6.45) is 2.67. The molecule has 1 fully saturated rings. The molecule has 0 aliphatic carbocycles. The lowest BCUT2D eigenvalue weighted by Crippen LogP contribution is -2.36. The molecule has 0 saturated carbocycles. The zero-order valence-electron chi connectivity index (χ0n) is 11.8. The van der Waals surface area contributed by atoms with E-state index in [1.165, 1.54) is 37.2 Å². The topological polar surface area (TPSA) is 28.2 Å². The van der Waals surface area contributed by atoms with Crippen LogP contribution in [0.5, 0.6) is 0 Å². The highest BCUT2D eigenvalue weighted by Gasteiger charge is 2.15. The Hall–Kier alpha value is -0.750. The summed E-state index contributed by atoms with van der Waals surface area (Å²) in [5.41, 5.74) is 2.45. The summed E-state index contributed by atoms with van der Waals surface area (Å²) in [5, 5.41) is 11.1. The lowest BCUT2D eigenvalue weighted by atomic mass is 9.99. The summed E-state index contributed by atoms with van der Waals surface area (Å²) in [7, 11) is 2.21. The van der Waals surface area contributed by atoms with Crippen molar-refractivity contribution in [2.24, 2.45) is 5.92 Å². The average Bonchev–Trinajstić information content (AvgIpc) is 3.10. The van der Waals surface area contributed by atoms with E-state index in [1.54, 1.807) is 22.7 Å². The van der Waals surface area contributed by atoms with Gasteiger partial charge in [-0.25, -0.2) is 4.98 Å². The van der Waals surface area contributed by atoms with Gasteiger partial charge >= 0.3 is 0 Å². The zero-order valence-corrected chi connectivity index (χ0v) is 13.5. The number of nitrogens with zero attached hydrogens (tertiary/aromatic N) is 2. The highest BCUT2D eigenvalue weighted by atomic mass is 32.1. The molecule has 1 N–H and O–H groups in total. The lowest BCUT2D eigenvalue weighted by molar-refractivity contribution is 0.236. The number of thiophene rings is 1.